The van der Waals surface area contributed by atoms with E-state index in [0.29, 0.717) is 17.9 Å². The van der Waals surface area contributed by atoms with E-state index in [0.717, 1.165) is 42.9 Å². The average Bonchev–Trinajstić information content (AvgIpc) is 3.03. The minimum Gasteiger partial charge on any atom is -0.494 e. The lowest BCUT2D eigenvalue weighted by atomic mass is 10.1. The second kappa shape index (κ2) is 20.4. The van der Waals surface area contributed by atoms with Crippen molar-refractivity contribution < 1.29 is 19.0 Å². The standard InChI is InChI=1S/C38H50O4/c1-3-5-6-14-17-33-20-26-37(27-21-33)42-38(39)34-22-28-36(29-23-34)41-31-16-13-11-9-7-8-10-12-15-30-40-35-24-18-32(4-2)19-25-35/h4,18-29H,2-3,5-17,30-31H2,1H3. The van der Waals surface area contributed by atoms with Crippen LogP contribution in [0.25, 0.3) is 6.08 Å². The van der Waals surface area contributed by atoms with E-state index in [9.17, 15) is 4.79 Å². The molecule has 0 aliphatic rings. The zero-order valence-corrected chi connectivity index (χ0v) is 25.7. The first-order valence-electron chi connectivity index (χ1n) is 16.1. The number of unbranched alkanes of at least 4 members (excludes halogenated alkanes) is 11. The Morgan fingerprint density at radius 3 is 1.60 bits per heavy atom. The van der Waals surface area contributed by atoms with Gasteiger partial charge in [0.05, 0.1) is 18.8 Å². The van der Waals surface area contributed by atoms with Gasteiger partial charge >= 0.3 is 5.97 Å². The number of aryl methyl sites for hydroxylation is 1. The Kier molecular flexibility index (Phi) is 16.0. The fraction of sp³-hybridized carbons (Fsp3) is 0.447. The fourth-order valence-electron chi connectivity index (χ4n) is 4.86. The highest BCUT2D eigenvalue weighted by atomic mass is 16.5. The van der Waals surface area contributed by atoms with Gasteiger partial charge in [0.1, 0.15) is 17.2 Å². The van der Waals surface area contributed by atoms with Crippen molar-refractivity contribution in [2.75, 3.05) is 13.2 Å². The van der Waals surface area contributed by atoms with Crippen molar-refractivity contribution >= 4 is 12.0 Å². The Morgan fingerprint density at radius 1 is 0.595 bits per heavy atom. The zero-order chi connectivity index (χ0) is 29.7. The molecule has 0 saturated carbocycles. The first-order chi connectivity index (χ1) is 20.7. The topological polar surface area (TPSA) is 44.8 Å². The molecule has 3 rings (SSSR count). The van der Waals surface area contributed by atoms with Crippen LogP contribution < -0.4 is 14.2 Å². The van der Waals surface area contributed by atoms with Crippen LogP contribution in [0.2, 0.25) is 0 Å². The molecule has 0 radical (unpaired) electrons. The Bertz CT molecular complexity index is 1130. The molecule has 0 aliphatic heterocycles. The van der Waals surface area contributed by atoms with Crippen LogP contribution >= 0.6 is 0 Å². The van der Waals surface area contributed by atoms with Crippen molar-refractivity contribution in [1.82, 2.24) is 0 Å². The number of esters is 1. The number of ether oxygens (including phenoxy) is 3. The van der Waals surface area contributed by atoms with Crippen LogP contribution in [-0.2, 0) is 6.42 Å². The quantitative estimate of drug-likeness (QED) is 0.0685. The van der Waals surface area contributed by atoms with Gasteiger partial charge < -0.3 is 14.2 Å². The van der Waals surface area contributed by atoms with Gasteiger partial charge in [-0.05, 0) is 85.3 Å². The summed E-state index contributed by atoms with van der Waals surface area (Å²) < 4.78 is 17.2. The second-order valence-electron chi connectivity index (χ2n) is 11.0. The van der Waals surface area contributed by atoms with Gasteiger partial charge in [-0.2, -0.15) is 0 Å². The third-order valence-corrected chi connectivity index (χ3v) is 7.48. The molecule has 0 amide bonds. The molecule has 0 unspecified atom stereocenters. The number of carbonyl (C=O) groups is 1. The van der Waals surface area contributed by atoms with Crippen molar-refractivity contribution in [2.24, 2.45) is 0 Å². The smallest absolute Gasteiger partial charge is 0.343 e. The van der Waals surface area contributed by atoms with Gasteiger partial charge in [-0.25, -0.2) is 4.79 Å². The maximum atomic E-state index is 12.5. The average molecular weight is 571 g/mol. The molecular formula is C38H50O4. The molecule has 0 aromatic heterocycles. The monoisotopic (exact) mass is 570 g/mol. The van der Waals surface area contributed by atoms with Gasteiger partial charge in [0, 0.05) is 0 Å². The number of carbonyl (C=O) groups excluding carboxylic acids is 1. The summed E-state index contributed by atoms with van der Waals surface area (Å²) in [6.45, 7) is 7.48. The second-order valence-corrected chi connectivity index (χ2v) is 11.0. The summed E-state index contributed by atoms with van der Waals surface area (Å²) in [4.78, 5) is 12.5. The number of benzene rings is 3. The van der Waals surface area contributed by atoms with E-state index in [4.69, 9.17) is 14.2 Å². The summed E-state index contributed by atoms with van der Waals surface area (Å²) in [5, 5.41) is 0. The molecule has 4 heteroatoms. The molecule has 0 bridgehead atoms. The summed E-state index contributed by atoms with van der Waals surface area (Å²) in [5.74, 6) is 1.96. The SMILES string of the molecule is C=Cc1ccc(OCCCCCCCCCCCOc2ccc(C(=O)Oc3ccc(CCCCCC)cc3)cc2)cc1. The summed E-state index contributed by atoms with van der Waals surface area (Å²) in [6, 6.07) is 23.2. The minimum atomic E-state index is -0.347. The highest BCUT2D eigenvalue weighted by molar-refractivity contribution is 5.91. The Balaban J connectivity index is 1.16. The van der Waals surface area contributed by atoms with Gasteiger partial charge in [0.2, 0.25) is 0 Å². The first kappa shape index (κ1) is 33.0. The summed E-state index contributed by atoms with van der Waals surface area (Å²) >= 11 is 0. The Hall–Kier alpha value is -3.53. The highest BCUT2D eigenvalue weighted by Gasteiger charge is 2.09. The summed E-state index contributed by atoms with van der Waals surface area (Å²) in [5.41, 5.74) is 2.93. The van der Waals surface area contributed by atoms with Crippen LogP contribution in [0.15, 0.2) is 79.4 Å². The summed E-state index contributed by atoms with van der Waals surface area (Å²) in [7, 11) is 0. The predicted molar refractivity (Wildman–Crippen MR) is 175 cm³/mol. The van der Waals surface area contributed by atoms with Crippen LogP contribution in [0, 0.1) is 0 Å². The van der Waals surface area contributed by atoms with Crippen molar-refractivity contribution in [1.29, 1.82) is 0 Å². The van der Waals surface area contributed by atoms with E-state index < -0.39 is 0 Å². The molecule has 0 spiro atoms. The van der Waals surface area contributed by atoms with Crippen LogP contribution in [0.5, 0.6) is 17.2 Å². The van der Waals surface area contributed by atoms with E-state index in [-0.39, 0.29) is 5.97 Å². The van der Waals surface area contributed by atoms with Gasteiger partial charge in [-0.1, -0.05) is 108 Å². The largest absolute Gasteiger partial charge is 0.494 e. The lowest BCUT2D eigenvalue weighted by Crippen LogP contribution is -2.08. The van der Waals surface area contributed by atoms with Crippen LogP contribution in [0.1, 0.15) is 112 Å². The highest BCUT2D eigenvalue weighted by Crippen LogP contribution is 2.19. The van der Waals surface area contributed by atoms with Crippen molar-refractivity contribution in [3.8, 4) is 17.2 Å². The molecule has 4 nitrogen and oxygen atoms in total. The maximum absolute atomic E-state index is 12.5. The molecule has 42 heavy (non-hydrogen) atoms. The van der Waals surface area contributed by atoms with E-state index in [1.54, 1.807) is 12.1 Å². The van der Waals surface area contributed by atoms with E-state index in [1.165, 1.54) is 76.2 Å². The lowest BCUT2D eigenvalue weighted by molar-refractivity contribution is 0.0734. The lowest BCUT2D eigenvalue weighted by Gasteiger charge is -2.08. The van der Waals surface area contributed by atoms with E-state index in [2.05, 4.69) is 25.6 Å². The van der Waals surface area contributed by atoms with Crippen LogP contribution in [0.3, 0.4) is 0 Å². The third-order valence-electron chi connectivity index (χ3n) is 7.48. The van der Waals surface area contributed by atoms with Gasteiger partial charge in [0.15, 0.2) is 0 Å². The van der Waals surface area contributed by atoms with Crippen LogP contribution in [0.4, 0.5) is 0 Å². The van der Waals surface area contributed by atoms with E-state index in [1.807, 2.05) is 54.6 Å². The minimum absolute atomic E-state index is 0.347. The molecule has 226 valence electrons. The predicted octanol–water partition coefficient (Wildman–Crippen LogP) is 10.6. The van der Waals surface area contributed by atoms with Crippen molar-refractivity contribution in [2.45, 2.75) is 96.8 Å². The zero-order valence-electron chi connectivity index (χ0n) is 25.7. The molecule has 3 aromatic carbocycles. The fourth-order valence-corrected chi connectivity index (χ4v) is 4.86. The van der Waals surface area contributed by atoms with Crippen molar-refractivity contribution in [3.63, 3.8) is 0 Å². The molecule has 0 heterocycles. The maximum Gasteiger partial charge on any atom is 0.343 e. The normalized spacial score (nSPS) is 10.8. The molecule has 0 atom stereocenters. The summed E-state index contributed by atoms with van der Waals surface area (Å²) in [6.07, 6.45) is 18.9. The number of hydrogen-bond donors (Lipinski definition) is 0. The Labute approximate surface area is 254 Å². The van der Waals surface area contributed by atoms with Gasteiger partial charge in [0.25, 0.3) is 0 Å². The van der Waals surface area contributed by atoms with E-state index >= 15 is 0 Å². The van der Waals surface area contributed by atoms with Crippen LogP contribution in [-0.4, -0.2) is 19.2 Å². The number of rotatable bonds is 22. The Morgan fingerprint density at radius 2 is 1.07 bits per heavy atom. The molecular weight excluding hydrogens is 520 g/mol. The molecule has 0 N–H and O–H groups in total. The molecule has 0 fully saturated rings. The molecule has 3 aromatic rings. The molecule has 0 saturated heterocycles. The van der Waals surface area contributed by atoms with Gasteiger partial charge in [-0.15, -0.1) is 0 Å². The third kappa shape index (κ3) is 13.4. The molecule has 0 aliphatic carbocycles. The first-order valence-corrected chi connectivity index (χ1v) is 16.1. The van der Waals surface area contributed by atoms with Crippen molar-refractivity contribution in [3.05, 3.63) is 96.1 Å². The van der Waals surface area contributed by atoms with Gasteiger partial charge in [-0.3, -0.25) is 0 Å². The number of hydrogen-bond acceptors (Lipinski definition) is 4.